The number of benzene rings is 2. The first kappa shape index (κ1) is 24.6. The van der Waals surface area contributed by atoms with Crippen LogP contribution >= 0.6 is 0 Å². The quantitative estimate of drug-likeness (QED) is 0.580. The molecule has 0 aliphatic carbocycles. The van der Waals surface area contributed by atoms with E-state index < -0.39 is 17.7 Å². The van der Waals surface area contributed by atoms with E-state index in [1.54, 1.807) is 25.0 Å². The molecule has 0 unspecified atom stereocenters. The molecule has 33 heavy (non-hydrogen) atoms. The molecule has 178 valence electrons. The van der Waals surface area contributed by atoms with Crippen LogP contribution in [-0.4, -0.2) is 49.7 Å². The van der Waals surface area contributed by atoms with E-state index in [-0.39, 0.29) is 23.6 Å². The molecule has 1 N–H and O–H groups in total. The van der Waals surface area contributed by atoms with Crippen LogP contribution in [0.4, 0.5) is 13.6 Å². The molecule has 1 aliphatic heterocycles. The molecule has 1 atom stereocenters. The number of carbonyl (C=O) groups is 2. The number of nitrogens with zero attached hydrogens (tertiary/aromatic N) is 1. The van der Waals surface area contributed by atoms with Gasteiger partial charge in [-0.15, -0.1) is 0 Å². The predicted octanol–water partition coefficient (Wildman–Crippen LogP) is 4.71. The Morgan fingerprint density at radius 3 is 2.48 bits per heavy atom. The number of rotatable bonds is 8. The third-order valence-electron chi connectivity index (χ3n) is 6.07. The SMILES string of the molecule is COCCC[C@@H](NC(=O)c1ccc(F)cc1)C1CCN(C(=O)Oc2cccc(F)c2C)CC1. The fourth-order valence-corrected chi connectivity index (χ4v) is 4.07. The van der Waals surface area contributed by atoms with Crippen molar-refractivity contribution in [1.29, 1.82) is 0 Å². The summed E-state index contributed by atoms with van der Waals surface area (Å²) in [5.74, 6) is -0.677. The van der Waals surface area contributed by atoms with Gasteiger partial charge < -0.3 is 19.7 Å². The monoisotopic (exact) mass is 460 g/mol. The van der Waals surface area contributed by atoms with Crippen LogP contribution in [0, 0.1) is 24.5 Å². The minimum atomic E-state index is -0.506. The molecule has 0 spiro atoms. The Morgan fingerprint density at radius 2 is 1.82 bits per heavy atom. The number of carbonyl (C=O) groups excluding carboxylic acids is 2. The van der Waals surface area contributed by atoms with Crippen molar-refractivity contribution in [2.24, 2.45) is 5.92 Å². The summed E-state index contributed by atoms with van der Waals surface area (Å²) in [6, 6.07) is 9.75. The Hall–Kier alpha value is -3.00. The molecule has 0 aromatic heterocycles. The van der Waals surface area contributed by atoms with Gasteiger partial charge in [0.25, 0.3) is 5.91 Å². The topological polar surface area (TPSA) is 67.9 Å². The highest BCUT2D eigenvalue weighted by Crippen LogP contribution is 2.26. The molecule has 2 aromatic carbocycles. The fraction of sp³-hybridized carbons (Fsp3) is 0.440. The van der Waals surface area contributed by atoms with Gasteiger partial charge >= 0.3 is 6.09 Å². The summed E-state index contributed by atoms with van der Waals surface area (Å²) in [6.07, 6.45) is 2.40. The van der Waals surface area contributed by atoms with Gasteiger partial charge in [0.1, 0.15) is 17.4 Å². The molecular formula is C25H30F2N2O4. The second-order valence-corrected chi connectivity index (χ2v) is 8.28. The first-order valence-electron chi connectivity index (χ1n) is 11.2. The van der Waals surface area contributed by atoms with Gasteiger partial charge in [-0.2, -0.15) is 0 Å². The number of ether oxygens (including phenoxy) is 2. The highest BCUT2D eigenvalue weighted by atomic mass is 19.1. The van der Waals surface area contributed by atoms with E-state index in [9.17, 15) is 18.4 Å². The minimum Gasteiger partial charge on any atom is -0.410 e. The molecule has 0 saturated carbocycles. The minimum absolute atomic E-state index is 0.0960. The van der Waals surface area contributed by atoms with Crippen LogP contribution in [-0.2, 0) is 4.74 Å². The van der Waals surface area contributed by atoms with Gasteiger partial charge in [-0.3, -0.25) is 4.79 Å². The van der Waals surface area contributed by atoms with E-state index in [1.807, 2.05) is 0 Å². The Kier molecular flexibility index (Phi) is 8.77. The zero-order valence-electron chi connectivity index (χ0n) is 19.0. The van der Waals surface area contributed by atoms with Crippen molar-refractivity contribution in [3.63, 3.8) is 0 Å². The van der Waals surface area contributed by atoms with Crippen molar-refractivity contribution in [2.75, 3.05) is 26.8 Å². The summed E-state index contributed by atoms with van der Waals surface area (Å²) < 4.78 is 37.5. The number of likely N-dealkylation sites (tertiary alicyclic amines) is 1. The lowest BCUT2D eigenvalue weighted by atomic mass is 9.86. The van der Waals surface area contributed by atoms with Crippen molar-refractivity contribution >= 4 is 12.0 Å². The van der Waals surface area contributed by atoms with Gasteiger partial charge in [0, 0.05) is 44.0 Å². The van der Waals surface area contributed by atoms with Crippen molar-refractivity contribution in [1.82, 2.24) is 10.2 Å². The molecule has 1 saturated heterocycles. The van der Waals surface area contributed by atoms with Crippen LogP contribution in [0.3, 0.4) is 0 Å². The maximum absolute atomic E-state index is 13.7. The van der Waals surface area contributed by atoms with E-state index in [1.165, 1.54) is 36.4 Å². The third kappa shape index (κ3) is 6.74. The second-order valence-electron chi connectivity index (χ2n) is 8.28. The van der Waals surface area contributed by atoms with Crippen molar-refractivity contribution < 1.29 is 27.8 Å². The Bertz CT molecular complexity index is 944. The Labute approximate surface area is 192 Å². The molecule has 8 heteroatoms. The van der Waals surface area contributed by atoms with Gasteiger partial charge in [0.15, 0.2) is 0 Å². The number of methoxy groups -OCH3 is 1. The molecule has 2 aromatic rings. The normalized spacial score (nSPS) is 15.2. The van der Waals surface area contributed by atoms with Gasteiger partial charge in [-0.25, -0.2) is 13.6 Å². The van der Waals surface area contributed by atoms with Gasteiger partial charge in [-0.05, 0) is 74.9 Å². The van der Waals surface area contributed by atoms with Crippen molar-refractivity contribution in [3.8, 4) is 5.75 Å². The lowest BCUT2D eigenvalue weighted by Crippen LogP contribution is -2.47. The van der Waals surface area contributed by atoms with E-state index in [0.717, 1.165) is 12.8 Å². The van der Waals surface area contributed by atoms with Crippen LogP contribution < -0.4 is 10.1 Å². The summed E-state index contributed by atoms with van der Waals surface area (Å²) in [5.41, 5.74) is 0.696. The maximum Gasteiger partial charge on any atom is 0.415 e. The zero-order valence-corrected chi connectivity index (χ0v) is 19.0. The molecule has 2 amide bonds. The first-order valence-corrected chi connectivity index (χ1v) is 11.2. The standard InChI is InChI=1S/C25H30F2N2O4/c1-17-21(27)5-3-7-23(17)33-25(31)29-14-12-18(13-15-29)22(6-4-16-32-2)28-24(30)19-8-10-20(26)11-9-19/h3,5,7-11,18,22H,4,6,12-16H2,1-2H3,(H,28,30)/t22-/m1/s1. The highest BCUT2D eigenvalue weighted by Gasteiger charge is 2.30. The van der Waals surface area contributed by atoms with Crippen LogP contribution in [0.5, 0.6) is 5.75 Å². The van der Waals surface area contributed by atoms with Gasteiger partial charge in [0.05, 0.1) is 0 Å². The number of hydrogen-bond acceptors (Lipinski definition) is 4. The number of halogens is 2. The summed E-state index contributed by atoms with van der Waals surface area (Å²) in [5, 5.41) is 3.09. The van der Waals surface area contributed by atoms with Crippen LogP contribution in [0.15, 0.2) is 42.5 Å². The van der Waals surface area contributed by atoms with Crippen molar-refractivity contribution in [3.05, 3.63) is 65.2 Å². The van der Waals surface area contributed by atoms with Gasteiger partial charge in [-0.1, -0.05) is 6.07 Å². The van der Waals surface area contributed by atoms with E-state index in [0.29, 0.717) is 43.7 Å². The van der Waals surface area contributed by atoms with E-state index in [4.69, 9.17) is 9.47 Å². The highest BCUT2D eigenvalue weighted by molar-refractivity contribution is 5.94. The van der Waals surface area contributed by atoms with E-state index >= 15 is 0 Å². The number of piperidine rings is 1. The fourth-order valence-electron chi connectivity index (χ4n) is 4.07. The first-order chi connectivity index (χ1) is 15.9. The molecule has 1 fully saturated rings. The molecule has 0 bridgehead atoms. The second kappa shape index (κ2) is 11.7. The number of amides is 2. The molecular weight excluding hydrogens is 430 g/mol. The van der Waals surface area contributed by atoms with Gasteiger partial charge in [0.2, 0.25) is 0 Å². The Morgan fingerprint density at radius 1 is 1.12 bits per heavy atom. The largest absolute Gasteiger partial charge is 0.415 e. The Balaban J connectivity index is 1.59. The van der Waals surface area contributed by atoms with E-state index in [2.05, 4.69) is 5.32 Å². The molecule has 1 heterocycles. The number of hydrogen-bond donors (Lipinski definition) is 1. The summed E-state index contributed by atoms with van der Waals surface area (Å²) >= 11 is 0. The van der Waals surface area contributed by atoms with Crippen LogP contribution in [0.1, 0.15) is 41.6 Å². The molecule has 3 rings (SSSR count). The summed E-state index contributed by atoms with van der Waals surface area (Å²) in [4.78, 5) is 26.9. The maximum atomic E-state index is 13.7. The van der Waals surface area contributed by atoms with Crippen LogP contribution in [0.2, 0.25) is 0 Å². The smallest absolute Gasteiger partial charge is 0.410 e. The average Bonchev–Trinajstić information content (AvgIpc) is 2.82. The van der Waals surface area contributed by atoms with Crippen molar-refractivity contribution in [2.45, 2.75) is 38.6 Å². The lowest BCUT2D eigenvalue weighted by Gasteiger charge is -2.36. The molecule has 1 aliphatic rings. The predicted molar refractivity (Wildman–Crippen MR) is 120 cm³/mol. The summed E-state index contributed by atoms with van der Waals surface area (Å²) in [6.45, 7) is 3.11. The summed E-state index contributed by atoms with van der Waals surface area (Å²) in [7, 11) is 1.64. The lowest BCUT2D eigenvalue weighted by molar-refractivity contribution is 0.0869. The molecule has 6 nitrogen and oxygen atoms in total. The zero-order chi connectivity index (χ0) is 23.8. The van der Waals surface area contributed by atoms with Crippen LogP contribution in [0.25, 0.3) is 0 Å². The number of nitrogens with one attached hydrogen (secondary N) is 1. The molecule has 0 radical (unpaired) electrons. The third-order valence-corrected chi connectivity index (χ3v) is 6.07. The average molecular weight is 461 g/mol.